The lowest BCUT2D eigenvalue weighted by Gasteiger charge is -2.21. The monoisotopic (exact) mass is 257 g/mol. The van der Waals surface area contributed by atoms with E-state index in [1.807, 2.05) is 0 Å². The number of hydrogen-bond acceptors (Lipinski definition) is 3. The van der Waals surface area contributed by atoms with Crippen LogP contribution in [-0.4, -0.2) is 12.6 Å². The van der Waals surface area contributed by atoms with E-state index in [4.69, 9.17) is 17.3 Å². The Hall–Kier alpha value is -0.680. The average molecular weight is 258 g/mol. The molecule has 3 unspecified atom stereocenters. The number of hydrazine groups is 1. The molecule has 1 fully saturated rings. The topological polar surface area (TPSA) is 50.1 Å². The van der Waals surface area contributed by atoms with Gasteiger partial charge in [-0.05, 0) is 44.0 Å². The first-order chi connectivity index (χ1) is 8.13. The van der Waals surface area contributed by atoms with Crippen LogP contribution in [0.1, 0.15) is 24.9 Å². The first kappa shape index (κ1) is 12.8. The van der Waals surface area contributed by atoms with Gasteiger partial charge in [0, 0.05) is 16.6 Å². The molecule has 1 saturated heterocycles. The summed E-state index contributed by atoms with van der Waals surface area (Å²) < 4.78 is 13.8. The molecule has 0 aliphatic carbocycles. The van der Waals surface area contributed by atoms with Crippen LogP contribution in [-0.2, 0) is 0 Å². The van der Waals surface area contributed by atoms with Crippen LogP contribution in [0.2, 0.25) is 5.02 Å². The van der Waals surface area contributed by atoms with Gasteiger partial charge in [-0.2, -0.15) is 0 Å². The molecule has 17 heavy (non-hydrogen) atoms. The molecule has 0 bridgehead atoms. The van der Waals surface area contributed by atoms with Crippen LogP contribution in [0.15, 0.2) is 18.2 Å². The molecule has 1 aliphatic rings. The highest BCUT2D eigenvalue weighted by atomic mass is 35.5. The van der Waals surface area contributed by atoms with Crippen molar-refractivity contribution in [2.75, 3.05) is 6.54 Å². The third-order valence-electron chi connectivity index (χ3n) is 3.33. The van der Waals surface area contributed by atoms with Crippen LogP contribution in [0.3, 0.4) is 0 Å². The maximum atomic E-state index is 13.8. The molecule has 3 nitrogen and oxygen atoms in total. The quantitative estimate of drug-likeness (QED) is 0.776. The minimum absolute atomic E-state index is 0.0766. The van der Waals surface area contributed by atoms with Crippen molar-refractivity contribution in [3.05, 3.63) is 34.6 Å². The number of benzene rings is 1. The molecule has 1 aliphatic heterocycles. The van der Waals surface area contributed by atoms with Crippen molar-refractivity contribution in [2.24, 2.45) is 11.7 Å². The summed E-state index contributed by atoms with van der Waals surface area (Å²) in [6.07, 6.45) is 0.845. The lowest BCUT2D eigenvalue weighted by Crippen LogP contribution is -2.29. The second kappa shape index (κ2) is 5.31. The summed E-state index contributed by atoms with van der Waals surface area (Å²) in [6, 6.07) is 4.83. The van der Waals surface area contributed by atoms with Crippen molar-refractivity contribution >= 4 is 11.6 Å². The second-order valence-corrected chi connectivity index (χ2v) is 4.90. The van der Waals surface area contributed by atoms with Crippen molar-refractivity contribution in [2.45, 2.75) is 25.4 Å². The van der Waals surface area contributed by atoms with E-state index in [0.717, 1.165) is 6.42 Å². The zero-order chi connectivity index (χ0) is 12.4. The molecule has 0 radical (unpaired) electrons. The smallest absolute Gasteiger partial charge is 0.128 e. The number of hydrogen-bond donors (Lipinski definition) is 3. The van der Waals surface area contributed by atoms with Gasteiger partial charge in [0.1, 0.15) is 5.82 Å². The highest BCUT2D eigenvalue weighted by Crippen LogP contribution is 2.33. The summed E-state index contributed by atoms with van der Waals surface area (Å²) in [5, 5.41) is 0.550. The van der Waals surface area contributed by atoms with Crippen LogP contribution < -0.4 is 16.6 Å². The van der Waals surface area contributed by atoms with Crippen LogP contribution in [0.5, 0.6) is 0 Å². The van der Waals surface area contributed by atoms with Crippen molar-refractivity contribution in [3.8, 4) is 0 Å². The van der Waals surface area contributed by atoms with E-state index in [1.165, 1.54) is 6.07 Å². The number of halogens is 2. The zero-order valence-corrected chi connectivity index (χ0v) is 10.5. The molecule has 0 aromatic heterocycles. The molecule has 94 valence electrons. The van der Waals surface area contributed by atoms with Gasteiger partial charge in [0.05, 0.1) is 6.04 Å². The van der Waals surface area contributed by atoms with E-state index in [2.05, 4.69) is 17.8 Å². The largest absolute Gasteiger partial charge is 0.330 e. The fraction of sp³-hybridized carbons (Fsp3) is 0.500. The third-order valence-corrected chi connectivity index (χ3v) is 3.57. The minimum Gasteiger partial charge on any atom is -0.330 e. The Labute approximate surface area is 105 Å². The molecular formula is C12H17ClFN3. The Bertz CT molecular complexity index is 399. The maximum absolute atomic E-state index is 13.8. The normalized spacial score (nSPS) is 28.6. The number of nitrogens with one attached hydrogen (secondary N) is 2. The standard InChI is InChI=1S/C12H17ClFN3/c1-7-9(4-5-15)12(17-16-7)10-6-8(13)2-3-11(10)14/h2-3,6-7,9,12,16-17H,4-5,15H2,1H3. The van der Waals surface area contributed by atoms with Crippen LogP contribution in [0.4, 0.5) is 4.39 Å². The van der Waals surface area contributed by atoms with Gasteiger partial charge < -0.3 is 5.73 Å². The van der Waals surface area contributed by atoms with Gasteiger partial charge in [-0.25, -0.2) is 9.82 Å². The van der Waals surface area contributed by atoms with Gasteiger partial charge in [-0.15, -0.1) is 0 Å². The molecule has 1 aromatic carbocycles. The van der Waals surface area contributed by atoms with Gasteiger partial charge in [-0.3, -0.25) is 5.43 Å². The lowest BCUT2D eigenvalue weighted by atomic mass is 9.87. The SMILES string of the molecule is CC1NNC(c2cc(Cl)ccc2F)C1CCN. The summed E-state index contributed by atoms with van der Waals surface area (Å²) in [5.41, 5.74) is 12.5. The van der Waals surface area contributed by atoms with Gasteiger partial charge in [0.2, 0.25) is 0 Å². The van der Waals surface area contributed by atoms with Gasteiger partial charge in [0.15, 0.2) is 0 Å². The van der Waals surface area contributed by atoms with Crippen molar-refractivity contribution in [1.82, 2.24) is 10.9 Å². The molecule has 0 saturated carbocycles. The van der Waals surface area contributed by atoms with Gasteiger partial charge in [0.25, 0.3) is 0 Å². The number of rotatable bonds is 3. The summed E-state index contributed by atoms with van der Waals surface area (Å²) in [7, 11) is 0. The van der Waals surface area contributed by atoms with E-state index in [1.54, 1.807) is 12.1 Å². The van der Waals surface area contributed by atoms with Gasteiger partial charge >= 0.3 is 0 Å². The molecule has 1 aromatic rings. The fourth-order valence-electron chi connectivity index (χ4n) is 2.39. The Morgan fingerprint density at radius 3 is 2.88 bits per heavy atom. The summed E-state index contributed by atoms with van der Waals surface area (Å²) in [4.78, 5) is 0. The molecular weight excluding hydrogens is 241 g/mol. The fourth-order valence-corrected chi connectivity index (χ4v) is 2.57. The Kier molecular flexibility index (Phi) is 3.99. The van der Waals surface area contributed by atoms with Crippen LogP contribution in [0, 0.1) is 11.7 Å². The van der Waals surface area contributed by atoms with E-state index >= 15 is 0 Å². The summed E-state index contributed by atoms with van der Waals surface area (Å²) in [6.45, 7) is 2.66. The van der Waals surface area contributed by atoms with Crippen molar-refractivity contribution in [3.63, 3.8) is 0 Å². The average Bonchev–Trinajstić information content (AvgIpc) is 2.65. The molecule has 5 heteroatoms. The lowest BCUT2D eigenvalue weighted by molar-refractivity contribution is 0.399. The first-order valence-electron chi connectivity index (χ1n) is 5.79. The highest BCUT2D eigenvalue weighted by Gasteiger charge is 2.34. The molecule has 3 atom stereocenters. The molecule has 0 spiro atoms. The van der Waals surface area contributed by atoms with Crippen molar-refractivity contribution < 1.29 is 4.39 Å². The third kappa shape index (κ3) is 2.60. The van der Waals surface area contributed by atoms with Crippen LogP contribution >= 0.6 is 11.6 Å². The predicted octanol–water partition coefficient (Wildman–Crippen LogP) is 1.98. The molecule has 2 rings (SSSR count). The Morgan fingerprint density at radius 1 is 1.41 bits per heavy atom. The predicted molar refractivity (Wildman–Crippen MR) is 67.0 cm³/mol. The Morgan fingerprint density at radius 2 is 2.18 bits per heavy atom. The van der Waals surface area contributed by atoms with E-state index in [-0.39, 0.29) is 23.8 Å². The first-order valence-corrected chi connectivity index (χ1v) is 6.17. The maximum Gasteiger partial charge on any atom is 0.128 e. The number of nitrogens with two attached hydrogens (primary N) is 1. The molecule has 1 heterocycles. The van der Waals surface area contributed by atoms with Gasteiger partial charge in [-0.1, -0.05) is 11.6 Å². The summed E-state index contributed by atoms with van der Waals surface area (Å²) in [5.74, 6) is 0.0396. The van der Waals surface area contributed by atoms with E-state index < -0.39 is 0 Å². The zero-order valence-electron chi connectivity index (χ0n) is 9.71. The van der Waals surface area contributed by atoms with E-state index in [0.29, 0.717) is 17.1 Å². The molecule has 0 amide bonds. The van der Waals surface area contributed by atoms with E-state index in [9.17, 15) is 4.39 Å². The summed E-state index contributed by atoms with van der Waals surface area (Å²) >= 11 is 5.92. The van der Waals surface area contributed by atoms with Crippen molar-refractivity contribution in [1.29, 1.82) is 0 Å². The second-order valence-electron chi connectivity index (χ2n) is 4.46. The molecule has 4 N–H and O–H groups in total. The highest BCUT2D eigenvalue weighted by molar-refractivity contribution is 6.30. The Balaban J connectivity index is 2.29. The minimum atomic E-state index is -0.232. The van der Waals surface area contributed by atoms with Crippen LogP contribution in [0.25, 0.3) is 0 Å².